The van der Waals surface area contributed by atoms with E-state index in [4.69, 9.17) is 20.8 Å². The van der Waals surface area contributed by atoms with Gasteiger partial charge in [0, 0.05) is 11.7 Å². The largest absolute Gasteiger partial charge is 0.487 e. The zero-order valence-corrected chi connectivity index (χ0v) is 21.0. The van der Waals surface area contributed by atoms with Gasteiger partial charge in [0.15, 0.2) is 0 Å². The maximum absolute atomic E-state index is 13.4. The Morgan fingerprint density at radius 1 is 1.11 bits per heavy atom. The SMILES string of the molecule is Cc1ncnc(Nc2ccc(OCc3cccc(F)c3)c(Cl)c2)c1C#Cc1coc(CNC(C)C)c1. The van der Waals surface area contributed by atoms with E-state index in [2.05, 4.69) is 46.3 Å². The molecule has 184 valence electrons. The van der Waals surface area contributed by atoms with E-state index in [0.717, 1.165) is 17.0 Å². The van der Waals surface area contributed by atoms with Crippen molar-refractivity contribution in [2.75, 3.05) is 5.32 Å². The molecule has 0 atom stereocenters. The third-order valence-corrected chi connectivity index (χ3v) is 5.48. The third kappa shape index (κ3) is 6.85. The van der Waals surface area contributed by atoms with Crippen molar-refractivity contribution < 1.29 is 13.5 Å². The van der Waals surface area contributed by atoms with Crippen LogP contribution in [0.2, 0.25) is 5.02 Å². The van der Waals surface area contributed by atoms with Crippen LogP contribution in [0.5, 0.6) is 5.75 Å². The predicted octanol–water partition coefficient (Wildman–Crippen LogP) is 6.39. The van der Waals surface area contributed by atoms with Crippen LogP contribution < -0.4 is 15.4 Å². The number of anilines is 2. The zero-order chi connectivity index (χ0) is 25.5. The molecule has 0 radical (unpaired) electrons. The van der Waals surface area contributed by atoms with Crippen LogP contribution in [0.3, 0.4) is 0 Å². The number of hydrogen-bond donors (Lipinski definition) is 2. The first kappa shape index (κ1) is 25.2. The standard InChI is InChI=1S/C28H26ClFN4O2/c1-18(2)31-14-24-12-21(15-35-24)7-9-25-19(3)32-17-33-28(25)34-23-8-10-27(26(29)13-23)36-16-20-5-4-6-22(30)11-20/h4-6,8,10-13,15,17-18,31H,14,16H2,1-3H3,(H,32,33,34). The molecule has 0 fully saturated rings. The Balaban J connectivity index is 1.47. The van der Waals surface area contributed by atoms with Crippen LogP contribution in [0.1, 0.15) is 42.0 Å². The van der Waals surface area contributed by atoms with Crippen LogP contribution in [0, 0.1) is 24.6 Å². The molecule has 0 aliphatic carbocycles. The molecule has 0 bridgehead atoms. The van der Waals surface area contributed by atoms with Crippen LogP contribution in [-0.4, -0.2) is 16.0 Å². The van der Waals surface area contributed by atoms with Crippen LogP contribution in [0.25, 0.3) is 0 Å². The number of nitrogens with zero attached hydrogens (tertiary/aromatic N) is 2. The second kappa shape index (κ2) is 11.7. The zero-order valence-electron chi connectivity index (χ0n) is 20.2. The molecule has 2 aromatic heterocycles. The number of rotatable bonds is 8. The number of nitrogens with one attached hydrogen (secondary N) is 2. The Morgan fingerprint density at radius 2 is 1.97 bits per heavy atom. The fourth-order valence-electron chi connectivity index (χ4n) is 3.32. The first-order chi connectivity index (χ1) is 17.4. The van der Waals surface area contributed by atoms with Crippen LogP contribution in [-0.2, 0) is 13.2 Å². The van der Waals surface area contributed by atoms with Crippen molar-refractivity contribution in [3.63, 3.8) is 0 Å². The fraction of sp³-hybridized carbons (Fsp3) is 0.214. The van der Waals surface area contributed by atoms with Gasteiger partial charge in [0.1, 0.15) is 42.3 Å². The van der Waals surface area contributed by atoms with E-state index in [0.29, 0.717) is 46.0 Å². The average molecular weight is 505 g/mol. The maximum Gasteiger partial charge on any atom is 0.149 e. The van der Waals surface area contributed by atoms with E-state index < -0.39 is 0 Å². The minimum Gasteiger partial charge on any atom is -0.487 e. The summed E-state index contributed by atoms with van der Waals surface area (Å²) < 4.78 is 24.7. The van der Waals surface area contributed by atoms with Crippen molar-refractivity contribution in [1.82, 2.24) is 15.3 Å². The molecule has 0 saturated heterocycles. The molecule has 2 heterocycles. The summed E-state index contributed by atoms with van der Waals surface area (Å²) in [5.74, 6) is 7.85. The normalized spacial score (nSPS) is 10.7. The summed E-state index contributed by atoms with van der Waals surface area (Å²) in [6, 6.07) is 13.8. The molecular weight excluding hydrogens is 479 g/mol. The number of benzene rings is 2. The van der Waals surface area contributed by atoms with Crippen molar-refractivity contribution in [1.29, 1.82) is 0 Å². The topological polar surface area (TPSA) is 72.2 Å². The lowest BCUT2D eigenvalue weighted by Crippen LogP contribution is -2.21. The summed E-state index contributed by atoms with van der Waals surface area (Å²) >= 11 is 6.44. The van der Waals surface area contributed by atoms with Crippen LogP contribution in [0.15, 0.2) is 65.5 Å². The Bertz CT molecular complexity index is 1410. The molecule has 0 saturated carbocycles. The maximum atomic E-state index is 13.4. The molecule has 36 heavy (non-hydrogen) atoms. The van der Waals surface area contributed by atoms with Gasteiger partial charge in [0.05, 0.1) is 28.4 Å². The van der Waals surface area contributed by atoms with Crippen molar-refractivity contribution in [3.8, 4) is 17.6 Å². The van der Waals surface area contributed by atoms with Gasteiger partial charge in [-0.2, -0.15) is 0 Å². The highest BCUT2D eigenvalue weighted by Gasteiger charge is 2.10. The van der Waals surface area contributed by atoms with Gasteiger partial charge >= 0.3 is 0 Å². The minimum absolute atomic E-state index is 0.207. The highest BCUT2D eigenvalue weighted by Crippen LogP contribution is 2.30. The molecule has 0 unspecified atom stereocenters. The molecule has 6 nitrogen and oxygen atoms in total. The predicted molar refractivity (Wildman–Crippen MR) is 139 cm³/mol. The summed E-state index contributed by atoms with van der Waals surface area (Å²) in [6.07, 6.45) is 3.12. The second-order valence-corrected chi connectivity index (χ2v) is 8.87. The van der Waals surface area contributed by atoms with E-state index in [-0.39, 0.29) is 12.4 Å². The van der Waals surface area contributed by atoms with Gasteiger partial charge in [0.25, 0.3) is 0 Å². The number of ether oxygens (including phenoxy) is 1. The molecular formula is C28H26ClFN4O2. The van der Waals surface area contributed by atoms with Crippen LogP contribution >= 0.6 is 11.6 Å². The second-order valence-electron chi connectivity index (χ2n) is 8.46. The smallest absolute Gasteiger partial charge is 0.149 e. The first-order valence-corrected chi connectivity index (χ1v) is 11.8. The summed E-state index contributed by atoms with van der Waals surface area (Å²) in [5.41, 5.74) is 3.61. The van der Waals surface area contributed by atoms with Gasteiger partial charge in [-0.15, -0.1) is 0 Å². The molecule has 0 spiro atoms. The number of halogens is 2. The van der Waals surface area contributed by atoms with E-state index in [9.17, 15) is 4.39 Å². The highest BCUT2D eigenvalue weighted by atomic mass is 35.5. The molecule has 0 aliphatic heterocycles. The third-order valence-electron chi connectivity index (χ3n) is 5.18. The van der Waals surface area contributed by atoms with Gasteiger partial charge in [-0.1, -0.05) is 49.4 Å². The van der Waals surface area contributed by atoms with Crippen molar-refractivity contribution in [2.45, 2.75) is 40.0 Å². The number of aromatic nitrogens is 2. The first-order valence-electron chi connectivity index (χ1n) is 11.5. The molecule has 0 aliphatic rings. The molecule has 2 N–H and O–H groups in total. The quantitative estimate of drug-likeness (QED) is 0.271. The molecule has 0 amide bonds. The monoisotopic (exact) mass is 504 g/mol. The summed E-state index contributed by atoms with van der Waals surface area (Å²) in [5, 5.41) is 6.99. The number of furan rings is 1. The van der Waals surface area contributed by atoms with Gasteiger partial charge in [-0.3, -0.25) is 0 Å². The van der Waals surface area contributed by atoms with E-state index in [1.165, 1.54) is 18.5 Å². The van der Waals surface area contributed by atoms with Gasteiger partial charge in [-0.25, -0.2) is 14.4 Å². The van der Waals surface area contributed by atoms with E-state index >= 15 is 0 Å². The highest BCUT2D eigenvalue weighted by molar-refractivity contribution is 6.32. The number of hydrogen-bond acceptors (Lipinski definition) is 6. The van der Waals surface area contributed by atoms with E-state index in [1.807, 2.05) is 19.1 Å². The van der Waals surface area contributed by atoms with E-state index in [1.54, 1.807) is 30.5 Å². The van der Waals surface area contributed by atoms with Crippen molar-refractivity contribution in [3.05, 3.63) is 100 Å². The lowest BCUT2D eigenvalue weighted by molar-refractivity contribution is 0.306. The molecule has 8 heteroatoms. The van der Waals surface area contributed by atoms with Gasteiger partial charge in [0.2, 0.25) is 0 Å². The lowest BCUT2D eigenvalue weighted by atomic mass is 10.2. The summed E-state index contributed by atoms with van der Waals surface area (Å²) in [6.45, 7) is 6.88. The van der Waals surface area contributed by atoms with Crippen molar-refractivity contribution >= 4 is 23.1 Å². The van der Waals surface area contributed by atoms with Gasteiger partial charge in [-0.05, 0) is 48.9 Å². The summed E-state index contributed by atoms with van der Waals surface area (Å²) in [4.78, 5) is 8.65. The Hall–Kier alpha value is -3.86. The molecule has 2 aromatic carbocycles. The fourth-order valence-corrected chi connectivity index (χ4v) is 3.55. The van der Waals surface area contributed by atoms with Crippen LogP contribution in [0.4, 0.5) is 15.9 Å². The number of aryl methyl sites for hydroxylation is 1. The average Bonchev–Trinajstić information content (AvgIpc) is 3.30. The molecule has 4 aromatic rings. The van der Waals surface area contributed by atoms with Crippen molar-refractivity contribution in [2.24, 2.45) is 0 Å². The lowest BCUT2D eigenvalue weighted by Gasteiger charge is -2.12. The Labute approximate surface area is 214 Å². The molecule has 4 rings (SSSR count). The Morgan fingerprint density at radius 3 is 2.75 bits per heavy atom. The summed E-state index contributed by atoms with van der Waals surface area (Å²) in [7, 11) is 0. The minimum atomic E-state index is -0.308. The Kier molecular flexibility index (Phi) is 8.21. The van der Waals surface area contributed by atoms with Gasteiger partial charge < -0.3 is 19.8 Å².